The molecule has 0 radical (unpaired) electrons. The predicted octanol–water partition coefficient (Wildman–Crippen LogP) is 4.65. The van der Waals surface area contributed by atoms with Gasteiger partial charge in [0, 0.05) is 12.3 Å². The van der Waals surface area contributed by atoms with E-state index in [0.717, 1.165) is 44.1 Å². The van der Waals surface area contributed by atoms with E-state index in [2.05, 4.69) is 20.9 Å². The normalized spacial score (nSPS) is 11.4. The van der Waals surface area contributed by atoms with Gasteiger partial charge in [0.15, 0.2) is 11.6 Å². The number of nitrogens with one attached hydrogen (secondary N) is 3. The SMILES string of the molecule is CCCCC[C@H](CC(=O)NOCc1ccccc1)C(=O)NCNC(=O)c1ccc(-c2ccc(F)c(C(=O)OC)c2F)o1. The summed E-state index contributed by atoms with van der Waals surface area (Å²) in [6.07, 6.45) is 2.94. The van der Waals surface area contributed by atoms with Crippen molar-refractivity contribution in [2.45, 2.75) is 45.6 Å². The van der Waals surface area contributed by atoms with Crippen LogP contribution < -0.4 is 16.1 Å². The highest BCUT2D eigenvalue weighted by atomic mass is 19.1. The van der Waals surface area contributed by atoms with Crippen LogP contribution in [0.4, 0.5) is 8.78 Å². The predicted molar refractivity (Wildman–Crippen MR) is 147 cm³/mol. The smallest absolute Gasteiger partial charge is 0.343 e. The lowest BCUT2D eigenvalue weighted by Gasteiger charge is -2.17. The van der Waals surface area contributed by atoms with Crippen LogP contribution in [0.1, 0.15) is 65.5 Å². The zero-order valence-corrected chi connectivity index (χ0v) is 23.3. The fourth-order valence-corrected chi connectivity index (χ4v) is 4.09. The molecule has 0 bridgehead atoms. The summed E-state index contributed by atoms with van der Waals surface area (Å²) in [4.78, 5) is 54.8. The van der Waals surface area contributed by atoms with Crippen molar-refractivity contribution in [3.05, 3.63) is 83.1 Å². The number of carbonyl (C=O) groups excluding carboxylic acids is 4. The maximum Gasteiger partial charge on any atom is 0.343 e. The van der Waals surface area contributed by atoms with E-state index in [1.165, 1.54) is 12.1 Å². The summed E-state index contributed by atoms with van der Waals surface area (Å²) in [6, 6.07) is 13.8. The summed E-state index contributed by atoms with van der Waals surface area (Å²) in [5, 5.41) is 5.06. The average Bonchev–Trinajstić information content (AvgIpc) is 3.47. The van der Waals surface area contributed by atoms with Crippen LogP contribution in [0.25, 0.3) is 11.3 Å². The molecule has 42 heavy (non-hydrogen) atoms. The van der Waals surface area contributed by atoms with Crippen LogP contribution in [0.15, 0.2) is 59.0 Å². The zero-order chi connectivity index (χ0) is 30.5. The number of amides is 3. The van der Waals surface area contributed by atoms with Gasteiger partial charge in [-0.25, -0.2) is 19.1 Å². The molecule has 0 saturated carbocycles. The number of unbranched alkanes of at least 4 members (excludes halogenated alkanes) is 2. The maximum atomic E-state index is 14.8. The van der Waals surface area contributed by atoms with Gasteiger partial charge in [-0.15, -0.1) is 0 Å². The minimum atomic E-state index is -1.20. The molecule has 0 saturated heterocycles. The third-order valence-corrected chi connectivity index (χ3v) is 6.31. The Kier molecular flexibility index (Phi) is 12.2. The monoisotopic (exact) mass is 585 g/mol. The molecule has 3 N–H and O–H groups in total. The topological polar surface area (TPSA) is 136 Å². The first kappa shape index (κ1) is 31.9. The molecule has 0 fully saturated rings. The third-order valence-electron chi connectivity index (χ3n) is 6.31. The van der Waals surface area contributed by atoms with Crippen LogP contribution in [0.5, 0.6) is 0 Å². The molecule has 1 heterocycles. The van der Waals surface area contributed by atoms with Gasteiger partial charge in [0.05, 0.1) is 25.9 Å². The molecular weight excluding hydrogens is 552 g/mol. The largest absolute Gasteiger partial charge is 0.465 e. The van der Waals surface area contributed by atoms with Crippen LogP contribution in [0.2, 0.25) is 0 Å². The standard InChI is InChI=1S/C30H33F2N3O7/c1-3-4-6-11-20(16-25(36)35-41-17-19-9-7-5-8-10-19)28(37)33-18-34-29(38)24-15-14-23(42-24)21-12-13-22(31)26(27(21)32)30(39)40-2/h5,7-10,12-15,20H,3-4,6,11,16-18H2,1-2H3,(H,33,37)(H,34,38)(H,35,36)/t20-/m1/s1. The van der Waals surface area contributed by atoms with Gasteiger partial charge >= 0.3 is 5.97 Å². The molecule has 3 aromatic rings. The van der Waals surface area contributed by atoms with Crippen LogP contribution in [-0.2, 0) is 25.8 Å². The third kappa shape index (κ3) is 8.96. The Morgan fingerprint density at radius 3 is 2.43 bits per heavy atom. The van der Waals surface area contributed by atoms with Crippen molar-refractivity contribution in [1.29, 1.82) is 0 Å². The summed E-state index contributed by atoms with van der Waals surface area (Å²) < 4.78 is 38.6. The van der Waals surface area contributed by atoms with Crippen molar-refractivity contribution in [2.24, 2.45) is 5.92 Å². The van der Waals surface area contributed by atoms with Crippen molar-refractivity contribution in [1.82, 2.24) is 16.1 Å². The van der Waals surface area contributed by atoms with Crippen LogP contribution in [-0.4, -0.2) is 37.5 Å². The molecule has 12 heteroatoms. The molecule has 0 spiro atoms. The van der Waals surface area contributed by atoms with E-state index >= 15 is 0 Å². The van der Waals surface area contributed by atoms with Gasteiger partial charge in [0.2, 0.25) is 11.8 Å². The van der Waals surface area contributed by atoms with Crippen LogP contribution in [0, 0.1) is 17.6 Å². The van der Waals surface area contributed by atoms with Crippen molar-refractivity contribution >= 4 is 23.7 Å². The first-order valence-electron chi connectivity index (χ1n) is 13.4. The highest BCUT2D eigenvalue weighted by Crippen LogP contribution is 2.29. The van der Waals surface area contributed by atoms with Crippen LogP contribution >= 0.6 is 0 Å². The Balaban J connectivity index is 1.54. The number of hydroxylamine groups is 1. The number of halogens is 2. The molecule has 3 rings (SSSR count). The molecule has 2 aromatic carbocycles. The van der Waals surface area contributed by atoms with Gasteiger partial charge in [-0.2, -0.15) is 0 Å². The summed E-state index contributed by atoms with van der Waals surface area (Å²) in [6.45, 7) is 1.94. The van der Waals surface area contributed by atoms with Gasteiger partial charge in [-0.05, 0) is 36.2 Å². The number of hydrogen-bond donors (Lipinski definition) is 3. The lowest BCUT2D eigenvalue weighted by molar-refractivity contribution is -0.139. The van der Waals surface area contributed by atoms with Crippen molar-refractivity contribution in [3.63, 3.8) is 0 Å². The van der Waals surface area contributed by atoms with E-state index in [1.54, 1.807) is 0 Å². The van der Waals surface area contributed by atoms with Gasteiger partial charge in [-0.1, -0.05) is 56.5 Å². The summed E-state index contributed by atoms with van der Waals surface area (Å²) in [7, 11) is 0.992. The van der Waals surface area contributed by atoms with E-state index in [4.69, 9.17) is 9.25 Å². The number of furan rings is 1. The first-order valence-corrected chi connectivity index (χ1v) is 13.4. The quantitative estimate of drug-likeness (QED) is 0.102. The molecule has 0 aliphatic carbocycles. The number of esters is 1. The molecular formula is C30H33F2N3O7. The maximum absolute atomic E-state index is 14.8. The molecule has 1 aromatic heterocycles. The molecule has 224 valence electrons. The highest BCUT2D eigenvalue weighted by molar-refractivity contribution is 5.93. The second-order valence-corrected chi connectivity index (χ2v) is 9.36. The van der Waals surface area contributed by atoms with Gasteiger partial charge in [0.1, 0.15) is 17.1 Å². The lowest BCUT2D eigenvalue weighted by atomic mass is 9.96. The van der Waals surface area contributed by atoms with Gasteiger partial charge < -0.3 is 19.8 Å². The average molecular weight is 586 g/mol. The molecule has 3 amide bonds. The number of rotatable bonds is 15. The Morgan fingerprint density at radius 1 is 0.952 bits per heavy atom. The Labute approximate surface area is 241 Å². The molecule has 10 nitrogen and oxygen atoms in total. The van der Waals surface area contributed by atoms with Crippen LogP contribution in [0.3, 0.4) is 0 Å². The molecule has 0 unspecified atom stereocenters. The Bertz CT molecular complexity index is 1380. The van der Waals surface area contributed by atoms with Crippen molar-refractivity contribution in [2.75, 3.05) is 13.8 Å². The van der Waals surface area contributed by atoms with E-state index in [-0.39, 0.29) is 36.8 Å². The minimum Gasteiger partial charge on any atom is -0.465 e. The van der Waals surface area contributed by atoms with E-state index in [0.29, 0.717) is 6.42 Å². The Hall–Kier alpha value is -4.58. The molecule has 1 atom stereocenters. The molecule has 0 aliphatic rings. The highest BCUT2D eigenvalue weighted by Gasteiger charge is 2.25. The number of methoxy groups -OCH3 is 1. The van der Waals surface area contributed by atoms with E-state index in [9.17, 15) is 28.0 Å². The van der Waals surface area contributed by atoms with Gasteiger partial charge in [0.25, 0.3) is 5.91 Å². The van der Waals surface area contributed by atoms with Crippen molar-refractivity contribution in [3.8, 4) is 11.3 Å². The second kappa shape index (κ2) is 16.0. The fraction of sp³-hybridized carbons (Fsp3) is 0.333. The zero-order valence-electron chi connectivity index (χ0n) is 23.3. The number of hydrogen-bond acceptors (Lipinski definition) is 7. The summed E-state index contributed by atoms with van der Waals surface area (Å²) in [5.74, 6) is -6.06. The number of benzene rings is 2. The first-order chi connectivity index (χ1) is 20.2. The lowest BCUT2D eigenvalue weighted by Crippen LogP contribution is -2.41. The fourth-order valence-electron chi connectivity index (χ4n) is 4.09. The number of carbonyl (C=O) groups is 4. The van der Waals surface area contributed by atoms with Gasteiger partial charge in [-0.3, -0.25) is 19.2 Å². The van der Waals surface area contributed by atoms with E-state index in [1.807, 2.05) is 37.3 Å². The molecule has 0 aliphatic heterocycles. The number of ether oxygens (including phenoxy) is 1. The van der Waals surface area contributed by atoms with E-state index < -0.39 is 46.8 Å². The van der Waals surface area contributed by atoms with Crippen molar-refractivity contribution < 1.29 is 42.0 Å². The minimum absolute atomic E-state index is 0.101. The summed E-state index contributed by atoms with van der Waals surface area (Å²) in [5.41, 5.74) is 2.11. The summed E-state index contributed by atoms with van der Waals surface area (Å²) >= 11 is 0. The second-order valence-electron chi connectivity index (χ2n) is 9.36. The Morgan fingerprint density at radius 2 is 1.71 bits per heavy atom.